The zero-order chi connectivity index (χ0) is 10.7. The van der Waals surface area contributed by atoms with E-state index in [2.05, 4.69) is 19.9 Å². The molecule has 0 atom stereocenters. The third-order valence-corrected chi connectivity index (χ3v) is 2.27. The van der Waals surface area contributed by atoms with Gasteiger partial charge >= 0.3 is 0 Å². The van der Waals surface area contributed by atoms with E-state index in [1.165, 1.54) is 5.56 Å². The first-order chi connectivity index (χ1) is 6.52. The summed E-state index contributed by atoms with van der Waals surface area (Å²) in [5.41, 5.74) is 1.17. The Morgan fingerprint density at radius 2 is 1.79 bits per heavy atom. The zero-order valence-electron chi connectivity index (χ0n) is 9.17. The first-order valence-corrected chi connectivity index (χ1v) is 5.35. The van der Waals surface area contributed by atoms with E-state index in [1.807, 2.05) is 26.0 Å². The molecule has 0 N–H and O–H groups in total. The van der Waals surface area contributed by atoms with Gasteiger partial charge in [-0.15, -0.1) is 0 Å². The number of benzene rings is 1. The van der Waals surface area contributed by atoms with Crippen LogP contribution in [0.25, 0.3) is 0 Å². The van der Waals surface area contributed by atoms with Gasteiger partial charge in [0, 0.05) is 0 Å². The molecule has 0 saturated heterocycles. The molecule has 0 heterocycles. The molecule has 1 aromatic carbocycles. The van der Waals surface area contributed by atoms with Gasteiger partial charge in [-0.05, 0) is 31.4 Å². The fourth-order valence-corrected chi connectivity index (χ4v) is 1.57. The quantitative estimate of drug-likeness (QED) is 0.728. The SMILES string of the molecule is CC(C)Oc1c(Cl)cccc1C(C)C. The average Bonchev–Trinajstić information content (AvgIpc) is 2.07. The second-order valence-electron chi connectivity index (χ2n) is 3.98. The Kier molecular flexibility index (Phi) is 3.82. The highest BCUT2D eigenvalue weighted by Gasteiger charge is 2.12. The Hall–Kier alpha value is -0.690. The first-order valence-electron chi connectivity index (χ1n) is 4.97. The lowest BCUT2D eigenvalue weighted by atomic mass is 10.0. The van der Waals surface area contributed by atoms with Crippen LogP contribution < -0.4 is 4.74 Å². The van der Waals surface area contributed by atoms with Crippen LogP contribution in [-0.4, -0.2) is 6.10 Å². The van der Waals surface area contributed by atoms with E-state index < -0.39 is 0 Å². The van der Waals surface area contributed by atoms with Crippen molar-refractivity contribution in [3.63, 3.8) is 0 Å². The molecule has 0 aliphatic rings. The maximum Gasteiger partial charge on any atom is 0.141 e. The van der Waals surface area contributed by atoms with Crippen LogP contribution >= 0.6 is 11.6 Å². The van der Waals surface area contributed by atoms with Crippen molar-refractivity contribution in [2.75, 3.05) is 0 Å². The third kappa shape index (κ3) is 2.65. The predicted molar refractivity (Wildman–Crippen MR) is 61.3 cm³/mol. The van der Waals surface area contributed by atoms with Crippen LogP contribution in [0.4, 0.5) is 0 Å². The van der Waals surface area contributed by atoms with E-state index in [1.54, 1.807) is 0 Å². The molecule has 78 valence electrons. The molecule has 0 radical (unpaired) electrons. The molecule has 0 aliphatic carbocycles. The molecule has 0 unspecified atom stereocenters. The molecule has 14 heavy (non-hydrogen) atoms. The molecule has 1 nitrogen and oxygen atoms in total. The van der Waals surface area contributed by atoms with E-state index in [0.717, 1.165) is 5.75 Å². The van der Waals surface area contributed by atoms with E-state index in [4.69, 9.17) is 16.3 Å². The molecule has 0 saturated carbocycles. The summed E-state index contributed by atoms with van der Waals surface area (Å²) >= 11 is 6.09. The van der Waals surface area contributed by atoms with E-state index >= 15 is 0 Å². The smallest absolute Gasteiger partial charge is 0.141 e. The maximum atomic E-state index is 6.09. The number of rotatable bonds is 3. The number of para-hydroxylation sites is 1. The molecular weight excluding hydrogens is 196 g/mol. The van der Waals surface area contributed by atoms with Crippen LogP contribution in [0.1, 0.15) is 39.2 Å². The Bertz CT molecular complexity index is 305. The van der Waals surface area contributed by atoms with Crippen LogP contribution in [0.2, 0.25) is 5.02 Å². The van der Waals surface area contributed by atoms with Crippen molar-refractivity contribution < 1.29 is 4.74 Å². The van der Waals surface area contributed by atoms with E-state index in [9.17, 15) is 0 Å². The van der Waals surface area contributed by atoms with Crippen LogP contribution in [0.3, 0.4) is 0 Å². The Morgan fingerprint density at radius 1 is 1.14 bits per heavy atom. The number of hydrogen-bond acceptors (Lipinski definition) is 1. The summed E-state index contributed by atoms with van der Waals surface area (Å²) in [5.74, 6) is 1.27. The summed E-state index contributed by atoms with van der Waals surface area (Å²) in [6.45, 7) is 8.29. The highest BCUT2D eigenvalue weighted by atomic mass is 35.5. The minimum absolute atomic E-state index is 0.160. The van der Waals surface area contributed by atoms with E-state index in [0.29, 0.717) is 10.9 Å². The minimum atomic E-state index is 0.160. The summed E-state index contributed by atoms with van der Waals surface area (Å²) in [7, 11) is 0. The normalized spacial score (nSPS) is 11.1. The van der Waals surface area contributed by atoms with Crippen LogP contribution in [0.15, 0.2) is 18.2 Å². The lowest BCUT2D eigenvalue weighted by Gasteiger charge is -2.17. The van der Waals surface area contributed by atoms with Gasteiger partial charge < -0.3 is 4.74 Å². The summed E-state index contributed by atoms with van der Waals surface area (Å²) in [4.78, 5) is 0. The monoisotopic (exact) mass is 212 g/mol. The fraction of sp³-hybridized carbons (Fsp3) is 0.500. The van der Waals surface area contributed by atoms with Crippen molar-refractivity contribution in [3.8, 4) is 5.75 Å². The Morgan fingerprint density at radius 3 is 2.29 bits per heavy atom. The van der Waals surface area contributed by atoms with Gasteiger partial charge in [0.15, 0.2) is 0 Å². The van der Waals surface area contributed by atoms with Gasteiger partial charge in [0.1, 0.15) is 5.75 Å². The summed E-state index contributed by atoms with van der Waals surface area (Å²) in [6.07, 6.45) is 0.160. The van der Waals surface area contributed by atoms with Crippen molar-refractivity contribution in [2.45, 2.75) is 39.7 Å². The average molecular weight is 213 g/mol. The lowest BCUT2D eigenvalue weighted by Crippen LogP contribution is -2.08. The largest absolute Gasteiger partial charge is 0.489 e. The van der Waals surface area contributed by atoms with Gasteiger partial charge in [0.2, 0.25) is 0 Å². The van der Waals surface area contributed by atoms with Crippen molar-refractivity contribution in [2.24, 2.45) is 0 Å². The molecular formula is C12H17ClO. The van der Waals surface area contributed by atoms with Crippen molar-refractivity contribution in [1.29, 1.82) is 0 Å². The van der Waals surface area contributed by atoms with Crippen LogP contribution in [-0.2, 0) is 0 Å². The molecule has 2 heteroatoms. The summed E-state index contributed by atoms with van der Waals surface area (Å²) in [6, 6.07) is 5.89. The van der Waals surface area contributed by atoms with Gasteiger partial charge in [-0.1, -0.05) is 37.6 Å². The third-order valence-electron chi connectivity index (χ3n) is 1.97. The summed E-state index contributed by atoms with van der Waals surface area (Å²) in [5, 5.41) is 0.699. The highest BCUT2D eigenvalue weighted by Crippen LogP contribution is 2.33. The maximum absolute atomic E-state index is 6.09. The minimum Gasteiger partial charge on any atom is -0.489 e. The molecule has 0 aromatic heterocycles. The van der Waals surface area contributed by atoms with Gasteiger partial charge in [-0.25, -0.2) is 0 Å². The molecule has 0 bridgehead atoms. The summed E-state index contributed by atoms with van der Waals surface area (Å²) < 4.78 is 5.71. The number of halogens is 1. The second-order valence-corrected chi connectivity index (χ2v) is 4.39. The first kappa shape index (κ1) is 11.4. The molecule has 1 rings (SSSR count). The number of hydrogen-bond donors (Lipinski definition) is 0. The van der Waals surface area contributed by atoms with Gasteiger partial charge in [-0.3, -0.25) is 0 Å². The Balaban J connectivity index is 3.09. The van der Waals surface area contributed by atoms with E-state index in [-0.39, 0.29) is 6.10 Å². The molecule has 0 fully saturated rings. The Labute approximate surface area is 91.0 Å². The molecule has 1 aromatic rings. The molecule has 0 aliphatic heterocycles. The van der Waals surface area contributed by atoms with Gasteiger partial charge in [0.05, 0.1) is 11.1 Å². The van der Waals surface area contributed by atoms with Crippen LogP contribution in [0, 0.1) is 0 Å². The van der Waals surface area contributed by atoms with Crippen molar-refractivity contribution in [3.05, 3.63) is 28.8 Å². The van der Waals surface area contributed by atoms with Gasteiger partial charge in [0.25, 0.3) is 0 Å². The van der Waals surface area contributed by atoms with Crippen molar-refractivity contribution in [1.82, 2.24) is 0 Å². The zero-order valence-corrected chi connectivity index (χ0v) is 9.93. The van der Waals surface area contributed by atoms with Crippen molar-refractivity contribution >= 4 is 11.6 Å². The lowest BCUT2D eigenvalue weighted by molar-refractivity contribution is 0.239. The fourth-order valence-electron chi connectivity index (χ4n) is 1.34. The highest BCUT2D eigenvalue weighted by molar-refractivity contribution is 6.32. The topological polar surface area (TPSA) is 9.23 Å². The van der Waals surface area contributed by atoms with Gasteiger partial charge in [-0.2, -0.15) is 0 Å². The second kappa shape index (κ2) is 4.70. The molecule has 0 spiro atoms. The standard InChI is InChI=1S/C12H17ClO/c1-8(2)10-6-5-7-11(13)12(10)14-9(3)4/h5-9H,1-4H3. The molecule has 0 amide bonds. The predicted octanol–water partition coefficient (Wildman–Crippen LogP) is 4.25. The number of ether oxygens (including phenoxy) is 1. The van der Waals surface area contributed by atoms with Crippen LogP contribution in [0.5, 0.6) is 5.75 Å².